The second-order valence-corrected chi connectivity index (χ2v) is 10.5. The molecule has 0 aliphatic heterocycles. The van der Waals surface area contributed by atoms with Crippen molar-refractivity contribution in [1.82, 2.24) is 9.03 Å². The van der Waals surface area contributed by atoms with E-state index in [1.54, 1.807) is 24.3 Å². The molecule has 2 rings (SSSR count). The molecule has 0 unspecified atom stereocenters. The Morgan fingerprint density at radius 1 is 0.962 bits per heavy atom. The minimum Gasteiger partial charge on any atom is -0.212 e. The molecule has 2 aromatic rings. The van der Waals surface area contributed by atoms with E-state index < -0.39 is 20.0 Å². The molecule has 2 aromatic carbocycles. The topological polar surface area (TPSA) is 83.6 Å². The van der Waals surface area contributed by atoms with Crippen LogP contribution in [0, 0.1) is 0 Å². The van der Waals surface area contributed by atoms with Crippen molar-refractivity contribution in [2.24, 2.45) is 0 Å². The molecular formula is C16H18Cl2N2O4S2. The molecular weight excluding hydrogens is 419 g/mol. The van der Waals surface area contributed by atoms with E-state index in [-0.39, 0.29) is 22.2 Å². The number of halogens is 2. The van der Waals surface area contributed by atoms with E-state index in [9.17, 15) is 16.8 Å². The van der Waals surface area contributed by atoms with Gasteiger partial charge in [-0.3, -0.25) is 0 Å². The van der Waals surface area contributed by atoms with Gasteiger partial charge in [0, 0.05) is 20.6 Å². The Bertz CT molecular complexity index is 1010. The number of rotatable bonds is 7. The zero-order chi connectivity index (χ0) is 19.5. The van der Waals surface area contributed by atoms with Crippen LogP contribution >= 0.6 is 23.2 Å². The summed E-state index contributed by atoms with van der Waals surface area (Å²) in [6, 6.07) is 10.8. The SMILES string of the molecule is CN(C)S(=O)(=O)c1ccccc1CNS(=O)(=O)Cc1ccc(Cl)c(Cl)c1. The summed E-state index contributed by atoms with van der Waals surface area (Å²) in [5.74, 6) is -0.299. The minimum absolute atomic E-state index is 0.0576. The van der Waals surface area contributed by atoms with E-state index >= 15 is 0 Å². The van der Waals surface area contributed by atoms with E-state index in [0.717, 1.165) is 4.31 Å². The second-order valence-electron chi connectivity index (χ2n) is 5.72. The summed E-state index contributed by atoms with van der Waals surface area (Å²) in [4.78, 5) is 0.0576. The second kappa shape index (κ2) is 8.24. The molecule has 0 saturated heterocycles. The predicted molar refractivity (Wildman–Crippen MR) is 103 cm³/mol. The van der Waals surface area contributed by atoms with Gasteiger partial charge in [0.05, 0.1) is 20.7 Å². The van der Waals surface area contributed by atoms with Gasteiger partial charge in [-0.1, -0.05) is 47.5 Å². The highest BCUT2D eigenvalue weighted by molar-refractivity contribution is 7.89. The third-order valence-electron chi connectivity index (χ3n) is 3.55. The van der Waals surface area contributed by atoms with Crippen LogP contribution in [0.25, 0.3) is 0 Å². The van der Waals surface area contributed by atoms with E-state index in [2.05, 4.69) is 4.72 Å². The Morgan fingerprint density at radius 2 is 1.62 bits per heavy atom. The van der Waals surface area contributed by atoms with Crippen LogP contribution in [-0.4, -0.2) is 35.2 Å². The largest absolute Gasteiger partial charge is 0.242 e. The molecule has 0 bridgehead atoms. The molecule has 1 N–H and O–H groups in total. The number of nitrogens with one attached hydrogen (secondary N) is 1. The van der Waals surface area contributed by atoms with Crippen LogP contribution in [0.5, 0.6) is 0 Å². The van der Waals surface area contributed by atoms with Crippen LogP contribution < -0.4 is 4.72 Å². The summed E-state index contributed by atoms with van der Waals surface area (Å²) in [6.07, 6.45) is 0. The van der Waals surface area contributed by atoms with Crippen molar-refractivity contribution in [3.05, 3.63) is 63.6 Å². The zero-order valence-corrected chi connectivity index (χ0v) is 17.3. The Hall–Kier alpha value is -1.16. The molecule has 0 aromatic heterocycles. The van der Waals surface area contributed by atoms with E-state index in [1.807, 2.05) is 0 Å². The summed E-state index contributed by atoms with van der Waals surface area (Å²) in [6.45, 7) is -0.146. The van der Waals surface area contributed by atoms with Crippen molar-refractivity contribution in [2.45, 2.75) is 17.2 Å². The maximum absolute atomic E-state index is 12.4. The first-order valence-corrected chi connectivity index (χ1v) is 11.3. The third kappa shape index (κ3) is 5.18. The number of hydrogen-bond acceptors (Lipinski definition) is 4. The van der Waals surface area contributed by atoms with Crippen LogP contribution in [0.1, 0.15) is 11.1 Å². The van der Waals surface area contributed by atoms with E-state index in [1.165, 1.54) is 32.3 Å². The molecule has 0 spiro atoms. The maximum atomic E-state index is 12.4. The Kier molecular flexibility index (Phi) is 6.70. The molecule has 142 valence electrons. The summed E-state index contributed by atoms with van der Waals surface area (Å²) in [5.41, 5.74) is 0.833. The lowest BCUT2D eigenvalue weighted by atomic mass is 10.2. The van der Waals surface area contributed by atoms with Crippen LogP contribution in [0.15, 0.2) is 47.4 Å². The fraction of sp³-hybridized carbons (Fsp3) is 0.250. The van der Waals surface area contributed by atoms with Crippen molar-refractivity contribution < 1.29 is 16.8 Å². The van der Waals surface area contributed by atoms with Gasteiger partial charge >= 0.3 is 0 Å². The van der Waals surface area contributed by atoms with Crippen LogP contribution in [0.4, 0.5) is 0 Å². The van der Waals surface area contributed by atoms with Gasteiger partial charge in [-0.25, -0.2) is 25.9 Å². The fourth-order valence-electron chi connectivity index (χ4n) is 2.19. The third-order valence-corrected chi connectivity index (χ3v) is 7.51. The lowest BCUT2D eigenvalue weighted by molar-refractivity contribution is 0.519. The highest BCUT2D eigenvalue weighted by Gasteiger charge is 2.21. The van der Waals surface area contributed by atoms with Crippen LogP contribution in [0.3, 0.4) is 0 Å². The molecule has 0 heterocycles. The van der Waals surface area contributed by atoms with Gasteiger partial charge in [0.2, 0.25) is 20.0 Å². The molecule has 0 fully saturated rings. The summed E-state index contributed by atoms with van der Waals surface area (Å²) in [7, 11) is -4.55. The van der Waals surface area contributed by atoms with Crippen molar-refractivity contribution >= 4 is 43.2 Å². The summed E-state index contributed by atoms with van der Waals surface area (Å²) in [5, 5.41) is 0.602. The number of hydrogen-bond donors (Lipinski definition) is 1. The number of benzene rings is 2. The fourth-order valence-corrected chi connectivity index (χ4v) is 4.72. The van der Waals surface area contributed by atoms with Gasteiger partial charge in [-0.05, 0) is 29.3 Å². The Labute approximate surface area is 163 Å². The lowest BCUT2D eigenvalue weighted by Gasteiger charge is -2.15. The highest BCUT2D eigenvalue weighted by atomic mass is 35.5. The first-order valence-electron chi connectivity index (χ1n) is 7.44. The average molecular weight is 437 g/mol. The van der Waals surface area contributed by atoms with Crippen LogP contribution in [0.2, 0.25) is 10.0 Å². The molecule has 0 aliphatic rings. The number of nitrogens with zero attached hydrogens (tertiary/aromatic N) is 1. The highest BCUT2D eigenvalue weighted by Crippen LogP contribution is 2.23. The number of sulfonamides is 2. The van der Waals surface area contributed by atoms with E-state index in [4.69, 9.17) is 23.2 Å². The summed E-state index contributed by atoms with van der Waals surface area (Å²) >= 11 is 11.7. The van der Waals surface area contributed by atoms with Crippen molar-refractivity contribution in [3.63, 3.8) is 0 Å². The zero-order valence-electron chi connectivity index (χ0n) is 14.1. The molecule has 0 saturated carbocycles. The first kappa shape index (κ1) is 21.1. The molecule has 0 radical (unpaired) electrons. The standard InChI is InChI=1S/C16H18Cl2N2O4S2/c1-20(2)26(23,24)16-6-4-3-5-13(16)10-19-25(21,22)11-12-7-8-14(17)15(18)9-12/h3-9,19H,10-11H2,1-2H3. The lowest BCUT2D eigenvalue weighted by Crippen LogP contribution is -2.27. The van der Waals surface area contributed by atoms with Gasteiger partial charge < -0.3 is 0 Å². The smallest absolute Gasteiger partial charge is 0.212 e. The monoisotopic (exact) mass is 436 g/mol. The minimum atomic E-state index is -3.71. The molecule has 0 aliphatic carbocycles. The predicted octanol–water partition coefficient (Wildman–Crippen LogP) is 2.86. The van der Waals surface area contributed by atoms with Gasteiger partial charge in [0.25, 0.3) is 0 Å². The Morgan fingerprint density at radius 3 is 2.23 bits per heavy atom. The van der Waals surface area contributed by atoms with Crippen LogP contribution in [-0.2, 0) is 32.3 Å². The van der Waals surface area contributed by atoms with Gasteiger partial charge in [0.15, 0.2) is 0 Å². The van der Waals surface area contributed by atoms with Crippen molar-refractivity contribution in [2.75, 3.05) is 14.1 Å². The Balaban J connectivity index is 2.19. The average Bonchev–Trinajstić information content (AvgIpc) is 2.56. The van der Waals surface area contributed by atoms with Gasteiger partial charge in [0.1, 0.15) is 0 Å². The molecule has 0 atom stereocenters. The van der Waals surface area contributed by atoms with E-state index in [0.29, 0.717) is 16.1 Å². The van der Waals surface area contributed by atoms with Gasteiger partial charge in [-0.15, -0.1) is 0 Å². The molecule has 26 heavy (non-hydrogen) atoms. The van der Waals surface area contributed by atoms with Crippen molar-refractivity contribution in [3.8, 4) is 0 Å². The first-order chi connectivity index (χ1) is 12.0. The van der Waals surface area contributed by atoms with Gasteiger partial charge in [-0.2, -0.15) is 0 Å². The quantitative estimate of drug-likeness (QED) is 0.722. The normalized spacial score (nSPS) is 12.5. The summed E-state index contributed by atoms with van der Waals surface area (Å²) < 4.78 is 52.9. The molecule has 10 heteroatoms. The molecule has 6 nitrogen and oxygen atoms in total. The molecule has 0 amide bonds. The maximum Gasteiger partial charge on any atom is 0.242 e. The van der Waals surface area contributed by atoms with Crippen molar-refractivity contribution in [1.29, 1.82) is 0 Å².